The van der Waals surface area contributed by atoms with Crippen molar-refractivity contribution in [2.45, 2.75) is 33.1 Å². The van der Waals surface area contributed by atoms with Crippen LogP contribution >= 0.6 is 0 Å². The van der Waals surface area contributed by atoms with E-state index < -0.39 is 0 Å². The van der Waals surface area contributed by atoms with Crippen molar-refractivity contribution < 1.29 is 0 Å². The second kappa shape index (κ2) is 0.889. The van der Waals surface area contributed by atoms with E-state index in [1.807, 2.05) is 0 Å². The van der Waals surface area contributed by atoms with E-state index in [-0.39, 0.29) is 0 Å². The predicted octanol–water partition coefficient (Wildman–Crippen LogP) is 2.44. The van der Waals surface area contributed by atoms with E-state index in [4.69, 9.17) is 0 Å². The molecular formula is C9H14. The third kappa shape index (κ3) is 0.222. The Balaban J connectivity index is 2.03. The summed E-state index contributed by atoms with van der Waals surface area (Å²) in [6.45, 7) is 4.95. The molecule has 0 amide bonds. The van der Waals surface area contributed by atoms with Crippen molar-refractivity contribution in [1.29, 1.82) is 0 Å². The van der Waals surface area contributed by atoms with Crippen LogP contribution in [0.15, 0.2) is 0 Å². The highest BCUT2D eigenvalue weighted by Crippen LogP contribution is 2.98. The van der Waals surface area contributed by atoms with Gasteiger partial charge in [0.1, 0.15) is 0 Å². The molecule has 3 aliphatic rings. The standard InChI is InChI=1S/C9H14/c1-6-8(2)7-4-3-5-9(6,7)8/h6-7H,3-5H2,1-2H3. The van der Waals surface area contributed by atoms with Crippen LogP contribution in [-0.2, 0) is 0 Å². The third-order valence-electron chi connectivity index (χ3n) is 4.94. The summed E-state index contributed by atoms with van der Waals surface area (Å²) < 4.78 is 0. The molecule has 0 aromatic heterocycles. The van der Waals surface area contributed by atoms with Crippen molar-refractivity contribution in [2.24, 2.45) is 22.7 Å². The van der Waals surface area contributed by atoms with Gasteiger partial charge in [0.15, 0.2) is 0 Å². The molecule has 0 aromatic carbocycles. The Kier molecular flexibility index (Phi) is 0.470. The van der Waals surface area contributed by atoms with Gasteiger partial charge in [-0.25, -0.2) is 0 Å². The Morgan fingerprint density at radius 2 is 2.22 bits per heavy atom. The molecule has 50 valence electrons. The minimum Gasteiger partial charge on any atom is -0.0614 e. The molecule has 4 unspecified atom stereocenters. The molecule has 0 heteroatoms. The summed E-state index contributed by atoms with van der Waals surface area (Å²) in [7, 11) is 0. The first-order valence-corrected chi connectivity index (χ1v) is 4.24. The summed E-state index contributed by atoms with van der Waals surface area (Å²) in [6.07, 6.45) is 4.65. The first-order chi connectivity index (χ1) is 4.24. The van der Waals surface area contributed by atoms with Gasteiger partial charge >= 0.3 is 0 Å². The van der Waals surface area contributed by atoms with E-state index in [1.165, 1.54) is 12.3 Å². The van der Waals surface area contributed by atoms with E-state index in [0.717, 1.165) is 16.7 Å². The zero-order valence-electron chi connectivity index (χ0n) is 6.28. The van der Waals surface area contributed by atoms with Gasteiger partial charge in [-0.1, -0.05) is 20.3 Å². The molecule has 9 heavy (non-hydrogen) atoms. The summed E-state index contributed by atoms with van der Waals surface area (Å²) in [6, 6.07) is 0. The van der Waals surface area contributed by atoms with Gasteiger partial charge in [-0.15, -0.1) is 0 Å². The molecule has 0 heterocycles. The minimum atomic E-state index is 0.866. The fourth-order valence-corrected chi connectivity index (χ4v) is 4.17. The largest absolute Gasteiger partial charge is 0.0614 e. The zero-order chi connectivity index (χ0) is 6.28. The molecule has 3 fully saturated rings. The van der Waals surface area contributed by atoms with E-state index >= 15 is 0 Å². The smallest absolute Gasteiger partial charge is 0.0173 e. The van der Waals surface area contributed by atoms with Crippen LogP contribution in [0.3, 0.4) is 0 Å². The van der Waals surface area contributed by atoms with Gasteiger partial charge in [0.2, 0.25) is 0 Å². The van der Waals surface area contributed by atoms with Crippen molar-refractivity contribution >= 4 is 0 Å². The second-order valence-corrected chi connectivity index (χ2v) is 4.49. The monoisotopic (exact) mass is 122 g/mol. The second-order valence-electron chi connectivity index (χ2n) is 4.49. The maximum absolute atomic E-state index is 2.50. The lowest BCUT2D eigenvalue weighted by molar-refractivity contribution is 0.394. The van der Waals surface area contributed by atoms with Gasteiger partial charge in [-0.05, 0) is 35.5 Å². The highest BCUT2D eigenvalue weighted by molar-refractivity contribution is 5.40. The van der Waals surface area contributed by atoms with Gasteiger partial charge in [-0.3, -0.25) is 0 Å². The lowest BCUT2D eigenvalue weighted by Gasteiger charge is -2.08. The van der Waals surface area contributed by atoms with Crippen molar-refractivity contribution in [3.05, 3.63) is 0 Å². The van der Waals surface area contributed by atoms with E-state index in [0.29, 0.717) is 0 Å². The molecule has 0 nitrogen and oxygen atoms in total. The first kappa shape index (κ1) is 4.76. The van der Waals surface area contributed by atoms with Crippen molar-refractivity contribution in [3.63, 3.8) is 0 Å². The zero-order valence-corrected chi connectivity index (χ0v) is 6.28. The maximum Gasteiger partial charge on any atom is -0.0173 e. The molecule has 0 radical (unpaired) electrons. The minimum absolute atomic E-state index is 0.866. The van der Waals surface area contributed by atoms with Crippen LogP contribution in [0.4, 0.5) is 0 Å². The van der Waals surface area contributed by atoms with Crippen molar-refractivity contribution in [3.8, 4) is 0 Å². The van der Waals surface area contributed by atoms with Crippen LogP contribution in [0.5, 0.6) is 0 Å². The van der Waals surface area contributed by atoms with Crippen molar-refractivity contribution in [2.75, 3.05) is 0 Å². The Morgan fingerprint density at radius 1 is 1.44 bits per heavy atom. The number of fused-ring (bicyclic) bond motifs is 1. The molecule has 3 aliphatic carbocycles. The van der Waals surface area contributed by atoms with Crippen LogP contribution in [0, 0.1) is 22.7 Å². The van der Waals surface area contributed by atoms with Gasteiger partial charge in [-0.2, -0.15) is 0 Å². The average molecular weight is 122 g/mol. The fraction of sp³-hybridized carbons (Fsp3) is 1.00. The maximum atomic E-state index is 2.50. The van der Waals surface area contributed by atoms with Crippen LogP contribution in [0.2, 0.25) is 0 Å². The highest BCUT2D eigenvalue weighted by atomic mass is 15.0. The highest BCUT2D eigenvalue weighted by Gasteiger charge is 2.93. The van der Waals surface area contributed by atoms with E-state index in [9.17, 15) is 0 Å². The molecule has 4 atom stereocenters. The van der Waals surface area contributed by atoms with Crippen LogP contribution in [-0.4, -0.2) is 0 Å². The number of hydrogen-bond acceptors (Lipinski definition) is 0. The normalized spacial score (nSPS) is 75.3. The topological polar surface area (TPSA) is 0 Å². The van der Waals surface area contributed by atoms with Crippen LogP contribution < -0.4 is 0 Å². The van der Waals surface area contributed by atoms with Crippen LogP contribution in [0.25, 0.3) is 0 Å². The van der Waals surface area contributed by atoms with Gasteiger partial charge in [0.05, 0.1) is 0 Å². The van der Waals surface area contributed by atoms with Crippen LogP contribution in [0.1, 0.15) is 33.1 Å². The molecule has 1 spiro atoms. The summed E-state index contributed by atoms with van der Waals surface area (Å²) in [5, 5.41) is 0. The fourth-order valence-electron chi connectivity index (χ4n) is 4.17. The lowest BCUT2D eigenvalue weighted by Crippen LogP contribution is -2.02. The van der Waals surface area contributed by atoms with E-state index in [2.05, 4.69) is 13.8 Å². The SMILES string of the molecule is CC1C2(C)C3CCCC132. The Morgan fingerprint density at radius 3 is 2.56 bits per heavy atom. The third-order valence-corrected chi connectivity index (χ3v) is 4.94. The summed E-state index contributed by atoms with van der Waals surface area (Å²) in [5.41, 5.74) is 1.79. The molecule has 3 rings (SSSR count). The van der Waals surface area contributed by atoms with Gasteiger partial charge < -0.3 is 0 Å². The molecule has 0 saturated heterocycles. The quantitative estimate of drug-likeness (QED) is 0.463. The molecule has 0 N–H and O–H groups in total. The molecule has 3 saturated carbocycles. The van der Waals surface area contributed by atoms with Gasteiger partial charge in [0.25, 0.3) is 0 Å². The Hall–Kier alpha value is 0. The van der Waals surface area contributed by atoms with Gasteiger partial charge in [0, 0.05) is 0 Å². The molecule has 0 aliphatic heterocycles. The summed E-state index contributed by atoms with van der Waals surface area (Å²) >= 11 is 0. The van der Waals surface area contributed by atoms with Crippen molar-refractivity contribution in [1.82, 2.24) is 0 Å². The average Bonchev–Trinajstić information content (AvgIpc) is 2.50. The Labute approximate surface area is 56.6 Å². The number of hydrogen-bond donors (Lipinski definition) is 0. The number of rotatable bonds is 0. The molecule has 0 bridgehead atoms. The predicted molar refractivity (Wildman–Crippen MR) is 37.0 cm³/mol. The molecular weight excluding hydrogens is 108 g/mol. The molecule has 0 aromatic rings. The summed E-state index contributed by atoms with van der Waals surface area (Å²) in [5.74, 6) is 2.28. The lowest BCUT2D eigenvalue weighted by atomic mass is 9.96. The Bertz CT molecular complexity index is 184. The summed E-state index contributed by atoms with van der Waals surface area (Å²) in [4.78, 5) is 0. The van der Waals surface area contributed by atoms with E-state index in [1.54, 1.807) is 12.8 Å². The first-order valence-electron chi connectivity index (χ1n) is 4.24.